The Morgan fingerprint density at radius 2 is 2.04 bits per heavy atom. The van der Waals surface area contributed by atoms with Crippen LogP contribution in [0.15, 0.2) is 30.3 Å². The average molecular weight is 326 g/mol. The van der Waals surface area contributed by atoms with Gasteiger partial charge < -0.3 is 5.11 Å². The van der Waals surface area contributed by atoms with Crippen molar-refractivity contribution in [3.8, 4) is 11.3 Å². The number of carbonyl (C=O) groups is 1. The van der Waals surface area contributed by atoms with Crippen molar-refractivity contribution in [2.24, 2.45) is 0 Å². The zero-order valence-corrected chi connectivity index (χ0v) is 13.7. The number of pyridine rings is 1. The first kappa shape index (κ1) is 15.9. The molecular formula is C16H18N6O2. The average Bonchev–Trinajstić information content (AvgIpc) is 3.04. The number of aryl methyl sites for hydroxylation is 1. The van der Waals surface area contributed by atoms with Gasteiger partial charge in [-0.3, -0.25) is 5.01 Å². The molecule has 124 valence electrons. The lowest BCUT2D eigenvalue weighted by atomic mass is 10.0. The lowest BCUT2D eigenvalue weighted by molar-refractivity contribution is 0.0699. The van der Waals surface area contributed by atoms with E-state index in [1.54, 1.807) is 23.8 Å². The van der Waals surface area contributed by atoms with E-state index in [1.807, 2.05) is 37.3 Å². The molecule has 0 saturated heterocycles. The molecular weight excluding hydrogens is 308 g/mol. The maximum Gasteiger partial charge on any atom is 0.340 e. The summed E-state index contributed by atoms with van der Waals surface area (Å²) < 4.78 is 1.58. The largest absolute Gasteiger partial charge is 0.478 e. The van der Waals surface area contributed by atoms with Crippen molar-refractivity contribution < 1.29 is 9.90 Å². The first-order chi connectivity index (χ1) is 11.6. The molecule has 0 unspecified atom stereocenters. The van der Waals surface area contributed by atoms with Gasteiger partial charge in [0.05, 0.1) is 5.69 Å². The summed E-state index contributed by atoms with van der Waals surface area (Å²) >= 11 is 0. The minimum atomic E-state index is -1.05. The molecule has 2 aromatic heterocycles. The van der Waals surface area contributed by atoms with Gasteiger partial charge in [-0.1, -0.05) is 35.5 Å². The van der Waals surface area contributed by atoms with Crippen LogP contribution in [0, 0.1) is 0 Å². The molecule has 0 fully saturated rings. The zero-order valence-electron chi connectivity index (χ0n) is 13.7. The number of aromatic nitrogens is 4. The predicted octanol–water partition coefficient (Wildman–Crippen LogP) is 1.78. The van der Waals surface area contributed by atoms with Crippen molar-refractivity contribution in [2.75, 3.05) is 19.1 Å². The van der Waals surface area contributed by atoms with E-state index in [0.717, 1.165) is 5.56 Å². The van der Waals surface area contributed by atoms with Crippen LogP contribution in [0.25, 0.3) is 22.3 Å². The second kappa shape index (κ2) is 6.25. The Bertz CT molecular complexity index is 890. The van der Waals surface area contributed by atoms with Gasteiger partial charge in [0.25, 0.3) is 0 Å². The van der Waals surface area contributed by atoms with Crippen molar-refractivity contribution >= 4 is 22.8 Å². The predicted molar refractivity (Wildman–Crippen MR) is 90.9 cm³/mol. The fourth-order valence-corrected chi connectivity index (χ4v) is 2.61. The summed E-state index contributed by atoms with van der Waals surface area (Å²) in [5.74, 6) is -0.530. The molecule has 0 spiro atoms. The van der Waals surface area contributed by atoms with Gasteiger partial charge in [-0.25, -0.2) is 19.9 Å². The van der Waals surface area contributed by atoms with Crippen molar-refractivity contribution in [2.45, 2.75) is 13.5 Å². The summed E-state index contributed by atoms with van der Waals surface area (Å²) in [6.45, 7) is 2.40. The first-order valence-corrected chi connectivity index (χ1v) is 7.55. The Morgan fingerprint density at radius 3 is 2.62 bits per heavy atom. The topological polar surface area (TPSA) is 96.2 Å². The molecule has 0 saturated carbocycles. The van der Waals surface area contributed by atoms with E-state index in [0.29, 0.717) is 29.1 Å². The molecule has 0 aliphatic heterocycles. The number of fused-ring (bicyclic) bond motifs is 1. The SMILES string of the molecule is CCn1nnc2c(N(C)NC)nc(-c3ccccc3)c(C(=O)O)c21. The monoisotopic (exact) mass is 326 g/mol. The van der Waals surface area contributed by atoms with Gasteiger partial charge in [0, 0.05) is 26.2 Å². The fraction of sp³-hybridized carbons (Fsp3) is 0.250. The molecule has 0 aliphatic carbocycles. The fourth-order valence-electron chi connectivity index (χ4n) is 2.61. The third-order valence-electron chi connectivity index (χ3n) is 3.85. The number of aromatic carboxylic acids is 1. The van der Waals surface area contributed by atoms with Crippen molar-refractivity contribution in [1.82, 2.24) is 25.4 Å². The third kappa shape index (κ3) is 2.46. The van der Waals surface area contributed by atoms with Crippen LogP contribution >= 0.6 is 0 Å². The molecule has 2 N–H and O–H groups in total. The molecule has 2 heterocycles. The Balaban J connectivity index is 2.45. The number of hydrazine groups is 1. The van der Waals surface area contributed by atoms with E-state index in [2.05, 4.69) is 20.7 Å². The molecule has 8 heteroatoms. The zero-order chi connectivity index (χ0) is 17.3. The highest BCUT2D eigenvalue weighted by Crippen LogP contribution is 2.32. The van der Waals surface area contributed by atoms with Gasteiger partial charge >= 0.3 is 5.97 Å². The summed E-state index contributed by atoms with van der Waals surface area (Å²) in [6.07, 6.45) is 0. The molecule has 8 nitrogen and oxygen atoms in total. The molecule has 0 atom stereocenters. The maximum atomic E-state index is 12.0. The van der Waals surface area contributed by atoms with Crippen LogP contribution in [0.1, 0.15) is 17.3 Å². The van der Waals surface area contributed by atoms with Crippen molar-refractivity contribution in [3.63, 3.8) is 0 Å². The van der Waals surface area contributed by atoms with E-state index in [9.17, 15) is 9.90 Å². The number of carboxylic acids is 1. The molecule has 1 aromatic carbocycles. The standard InChI is InChI=1S/C16H18N6O2/c1-4-22-14-11(16(23)24)12(10-8-6-5-7-9-10)18-15(21(3)17-2)13(14)19-20-22/h5-9,17H,4H2,1-3H3,(H,23,24). The second-order valence-corrected chi connectivity index (χ2v) is 5.22. The Kier molecular flexibility index (Phi) is 4.13. The lowest BCUT2D eigenvalue weighted by Gasteiger charge is -2.19. The van der Waals surface area contributed by atoms with Crippen LogP contribution in [-0.4, -0.2) is 45.1 Å². The number of hydrogen-bond donors (Lipinski definition) is 2. The molecule has 0 aliphatic rings. The first-order valence-electron chi connectivity index (χ1n) is 7.55. The number of nitrogens with one attached hydrogen (secondary N) is 1. The number of benzene rings is 1. The van der Waals surface area contributed by atoms with Gasteiger partial charge in [0.2, 0.25) is 0 Å². The van der Waals surface area contributed by atoms with E-state index < -0.39 is 5.97 Å². The van der Waals surface area contributed by atoms with Gasteiger partial charge in [-0.2, -0.15) is 0 Å². The van der Waals surface area contributed by atoms with Gasteiger partial charge in [-0.05, 0) is 6.92 Å². The summed E-state index contributed by atoms with van der Waals surface area (Å²) in [5, 5.41) is 19.7. The number of carboxylic acid groups (broad SMARTS) is 1. The molecule has 0 bridgehead atoms. The van der Waals surface area contributed by atoms with Gasteiger partial charge in [-0.15, -0.1) is 5.10 Å². The number of rotatable bonds is 5. The molecule has 0 amide bonds. The van der Waals surface area contributed by atoms with Crippen LogP contribution in [-0.2, 0) is 6.54 Å². The van der Waals surface area contributed by atoms with Gasteiger partial charge in [0.15, 0.2) is 11.3 Å². The lowest BCUT2D eigenvalue weighted by Crippen LogP contribution is -2.31. The quantitative estimate of drug-likeness (QED) is 0.690. The summed E-state index contributed by atoms with van der Waals surface area (Å²) in [7, 11) is 3.55. The van der Waals surface area contributed by atoms with Crippen LogP contribution in [0.2, 0.25) is 0 Å². The van der Waals surface area contributed by atoms with Crippen molar-refractivity contribution in [3.05, 3.63) is 35.9 Å². The summed E-state index contributed by atoms with van der Waals surface area (Å²) in [6, 6.07) is 9.25. The van der Waals surface area contributed by atoms with Gasteiger partial charge in [0.1, 0.15) is 11.1 Å². The smallest absolute Gasteiger partial charge is 0.340 e. The van der Waals surface area contributed by atoms with E-state index in [4.69, 9.17) is 0 Å². The van der Waals surface area contributed by atoms with E-state index >= 15 is 0 Å². The second-order valence-electron chi connectivity index (χ2n) is 5.22. The minimum Gasteiger partial charge on any atom is -0.478 e. The summed E-state index contributed by atoms with van der Waals surface area (Å²) in [5.41, 5.74) is 5.12. The highest BCUT2D eigenvalue weighted by Gasteiger charge is 2.26. The normalized spacial score (nSPS) is 11.0. The van der Waals surface area contributed by atoms with Crippen LogP contribution in [0.4, 0.5) is 5.82 Å². The highest BCUT2D eigenvalue weighted by atomic mass is 16.4. The third-order valence-corrected chi connectivity index (χ3v) is 3.85. The minimum absolute atomic E-state index is 0.108. The van der Waals surface area contributed by atoms with Crippen LogP contribution in [0.5, 0.6) is 0 Å². The molecule has 0 radical (unpaired) electrons. The molecule has 24 heavy (non-hydrogen) atoms. The maximum absolute atomic E-state index is 12.0. The van der Waals surface area contributed by atoms with Crippen LogP contribution < -0.4 is 10.4 Å². The Labute approximate surface area is 138 Å². The highest BCUT2D eigenvalue weighted by molar-refractivity contribution is 6.08. The van der Waals surface area contributed by atoms with E-state index in [1.165, 1.54) is 0 Å². The van der Waals surface area contributed by atoms with E-state index in [-0.39, 0.29) is 5.56 Å². The van der Waals surface area contributed by atoms with Crippen LogP contribution in [0.3, 0.4) is 0 Å². The van der Waals surface area contributed by atoms with Crippen molar-refractivity contribution in [1.29, 1.82) is 0 Å². The molecule has 3 aromatic rings. The summed E-state index contributed by atoms with van der Waals surface area (Å²) in [4.78, 5) is 16.6. The molecule has 3 rings (SSSR count). The Morgan fingerprint density at radius 1 is 1.33 bits per heavy atom. The number of nitrogens with zero attached hydrogens (tertiary/aromatic N) is 5. The Hall–Kier alpha value is -3.00. The number of anilines is 1. The number of hydrogen-bond acceptors (Lipinski definition) is 6.